The molecule has 2 N–H and O–H groups in total. The fraction of sp³-hybridized carbons (Fsp3) is 0.385. The zero-order valence-electron chi connectivity index (χ0n) is 9.56. The molecule has 1 aromatic heterocycles. The molecule has 1 unspecified atom stereocenters. The van der Waals surface area contributed by atoms with E-state index in [4.69, 9.17) is 5.73 Å². The predicted octanol–water partition coefficient (Wildman–Crippen LogP) is 2.30. The van der Waals surface area contributed by atoms with Crippen molar-refractivity contribution in [2.45, 2.75) is 32.2 Å². The van der Waals surface area contributed by atoms with Crippen LogP contribution < -0.4 is 5.73 Å². The minimum atomic E-state index is 0.185. The first-order chi connectivity index (χ1) is 7.81. The Morgan fingerprint density at radius 1 is 1.31 bits per heavy atom. The second-order valence-corrected chi connectivity index (χ2v) is 4.13. The number of fused-ring (bicyclic) bond motifs is 1. The molecule has 1 heterocycles. The SMILES string of the molecule is CCCC(N)Cc1nncc2ccccc12. The predicted molar refractivity (Wildman–Crippen MR) is 66.1 cm³/mol. The number of benzene rings is 1. The zero-order chi connectivity index (χ0) is 11.4. The quantitative estimate of drug-likeness (QED) is 0.851. The van der Waals surface area contributed by atoms with Crippen LogP contribution >= 0.6 is 0 Å². The molecule has 0 bridgehead atoms. The van der Waals surface area contributed by atoms with Gasteiger partial charge < -0.3 is 5.73 Å². The molecule has 2 aromatic rings. The van der Waals surface area contributed by atoms with Gasteiger partial charge in [0.15, 0.2) is 0 Å². The van der Waals surface area contributed by atoms with Gasteiger partial charge in [-0.1, -0.05) is 37.6 Å². The monoisotopic (exact) mass is 215 g/mol. The highest BCUT2D eigenvalue weighted by Gasteiger charge is 2.07. The molecule has 84 valence electrons. The Hall–Kier alpha value is -1.48. The average Bonchev–Trinajstić information content (AvgIpc) is 2.30. The van der Waals surface area contributed by atoms with Crippen molar-refractivity contribution >= 4 is 10.8 Å². The molecule has 0 aliphatic heterocycles. The maximum Gasteiger partial charge on any atom is 0.0724 e. The summed E-state index contributed by atoms with van der Waals surface area (Å²) < 4.78 is 0. The van der Waals surface area contributed by atoms with Crippen LogP contribution in [0.1, 0.15) is 25.5 Å². The molecule has 0 aliphatic carbocycles. The van der Waals surface area contributed by atoms with Crippen molar-refractivity contribution in [3.63, 3.8) is 0 Å². The highest BCUT2D eigenvalue weighted by Crippen LogP contribution is 2.16. The fourth-order valence-corrected chi connectivity index (χ4v) is 1.96. The lowest BCUT2D eigenvalue weighted by atomic mass is 10.0. The summed E-state index contributed by atoms with van der Waals surface area (Å²) in [7, 11) is 0. The summed E-state index contributed by atoms with van der Waals surface area (Å²) in [6.45, 7) is 2.15. The van der Waals surface area contributed by atoms with Crippen molar-refractivity contribution in [1.82, 2.24) is 10.2 Å². The Bertz CT molecular complexity index is 462. The summed E-state index contributed by atoms with van der Waals surface area (Å²) in [4.78, 5) is 0. The second-order valence-electron chi connectivity index (χ2n) is 4.13. The van der Waals surface area contributed by atoms with Crippen molar-refractivity contribution in [2.75, 3.05) is 0 Å². The van der Waals surface area contributed by atoms with Crippen LogP contribution in [0, 0.1) is 0 Å². The van der Waals surface area contributed by atoms with Crippen molar-refractivity contribution < 1.29 is 0 Å². The Labute approximate surface area is 95.7 Å². The molecule has 3 heteroatoms. The van der Waals surface area contributed by atoms with Crippen LogP contribution in [0.25, 0.3) is 10.8 Å². The number of hydrogen-bond donors (Lipinski definition) is 1. The summed E-state index contributed by atoms with van der Waals surface area (Å²) in [6, 6.07) is 8.36. The Morgan fingerprint density at radius 3 is 2.94 bits per heavy atom. The summed E-state index contributed by atoms with van der Waals surface area (Å²) >= 11 is 0. The van der Waals surface area contributed by atoms with Crippen LogP contribution in [0.15, 0.2) is 30.5 Å². The third-order valence-electron chi connectivity index (χ3n) is 2.76. The maximum absolute atomic E-state index is 6.04. The highest BCUT2D eigenvalue weighted by molar-refractivity contribution is 5.83. The highest BCUT2D eigenvalue weighted by atomic mass is 15.1. The Kier molecular flexibility index (Phi) is 3.47. The van der Waals surface area contributed by atoms with E-state index in [1.807, 2.05) is 12.1 Å². The third kappa shape index (κ3) is 2.36. The van der Waals surface area contributed by atoms with Gasteiger partial charge in [0.2, 0.25) is 0 Å². The lowest BCUT2D eigenvalue weighted by Crippen LogP contribution is -2.23. The van der Waals surface area contributed by atoms with Gasteiger partial charge in [-0.2, -0.15) is 10.2 Å². The van der Waals surface area contributed by atoms with E-state index in [0.29, 0.717) is 0 Å². The van der Waals surface area contributed by atoms with E-state index in [9.17, 15) is 0 Å². The molecule has 0 saturated carbocycles. The Morgan fingerprint density at radius 2 is 2.12 bits per heavy atom. The molecule has 1 atom stereocenters. The standard InChI is InChI=1S/C13H17N3/c1-2-5-11(14)8-13-12-7-4-3-6-10(12)9-15-16-13/h3-4,6-7,9,11H,2,5,8,14H2,1H3. The van der Waals surface area contributed by atoms with Crippen molar-refractivity contribution in [2.24, 2.45) is 5.73 Å². The van der Waals surface area contributed by atoms with Crippen LogP contribution in [0.5, 0.6) is 0 Å². The summed E-state index contributed by atoms with van der Waals surface area (Å²) in [5, 5.41) is 10.5. The fourth-order valence-electron chi connectivity index (χ4n) is 1.96. The van der Waals surface area contributed by atoms with Crippen LogP contribution in [-0.4, -0.2) is 16.2 Å². The molecule has 1 aromatic carbocycles. The number of hydrogen-bond acceptors (Lipinski definition) is 3. The molecule has 2 rings (SSSR count). The smallest absolute Gasteiger partial charge is 0.0724 e. The minimum absolute atomic E-state index is 0.185. The molecule has 3 nitrogen and oxygen atoms in total. The summed E-state index contributed by atoms with van der Waals surface area (Å²) in [5.74, 6) is 0. The van der Waals surface area contributed by atoms with E-state index < -0.39 is 0 Å². The van der Waals surface area contributed by atoms with E-state index in [0.717, 1.165) is 30.3 Å². The normalized spacial score (nSPS) is 12.9. The van der Waals surface area contributed by atoms with E-state index in [1.165, 1.54) is 5.39 Å². The van der Waals surface area contributed by atoms with Crippen molar-refractivity contribution in [1.29, 1.82) is 0 Å². The first kappa shape index (κ1) is 11.0. The maximum atomic E-state index is 6.04. The second kappa shape index (κ2) is 5.03. The van der Waals surface area contributed by atoms with Gasteiger partial charge in [-0.3, -0.25) is 0 Å². The summed E-state index contributed by atoms with van der Waals surface area (Å²) in [5.41, 5.74) is 7.05. The van der Waals surface area contributed by atoms with Crippen LogP contribution in [0.4, 0.5) is 0 Å². The molecule has 0 fully saturated rings. The number of aromatic nitrogens is 2. The molecular formula is C13H17N3. The molecule has 0 aliphatic rings. The molecular weight excluding hydrogens is 198 g/mol. The van der Waals surface area contributed by atoms with Crippen LogP contribution in [-0.2, 0) is 6.42 Å². The van der Waals surface area contributed by atoms with Gasteiger partial charge in [0.25, 0.3) is 0 Å². The average molecular weight is 215 g/mol. The lowest BCUT2D eigenvalue weighted by molar-refractivity contribution is 0.592. The number of nitrogens with two attached hydrogens (primary N) is 1. The third-order valence-corrected chi connectivity index (χ3v) is 2.76. The Balaban J connectivity index is 2.30. The first-order valence-electron chi connectivity index (χ1n) is 5.76. The van der Waals surface area contributed by atoms with Gasteiger partial charge >= 0.3 is 0 Å². The zero-order valence-corrected chi connectivity index (χ0v) is 9.56. The van der Waals surface area contributed by atoms with Crippen molar-refractivity contribution in [3.05, 3.63) is 36.2 Å². The van der Waals surface area contributed by atoms with Gasteiger partial charge in [0.05, 0.1) is 11.9 Å². The van der Waals surface area contributed by atoms with Gasteiger partial charge in [-0.15, -0.1) is 0 Å². The van der Waals surface area contributed by atoms with E-state index in [-0.39, 0.29) is 6.04 Å². The van der Waals surface area contributed by atoms with Gasteiger partial charge in [0, 0.05) is 23.2 Å². The molecule has 0 spiro atoms. The summed E-state index contributed by atoms with van der Waals surface area (Å²) in [6.07, 6.45) is 4.75. The van der Waals surface area contributed by atoms with Crippen LogP contribution in [0.2, 0.25) is 0 Å². The first-order valence-corrected chi connectivity index (χ1v) is 5.76. The number of nitrogens with zero attached hydrogens (tertiary/aromatic N) is 2. The molecule has 16 heavy (non-hydrogen) atoms. The van der Waals surface area contributed by atoms with E-state index >= 15 is 0 Å². The molecule has 0 amide bonds. The molecule has 0 radical (unpaired) electrons. The van der Waals surface area contributed by atoms with E-state index in [2.05, 4.69) is 29.3 Å². The van der Waals surface area contributed by atoms with Gasteiger partial charge in [-0.25, -0.2) is 0 Å². The van der Waals surface area contributed by atoms with Gasteiger partial charge in [0.1, 0.15) is 0 Å². The van der Waals surface area contributed by atoms with E-state index in [1.54, 1.807) is 6.20 Å². The van der Waals surface area contributed by atoms with Crippen LogP contribution in [0.3, 0.4) is 0 Å². The molecule has 0 saturated heterocycles. The minimum Gasteiger partial charge on any atom is -0.327 e. The van der Waals surface area contributed by atoms with Crippen molar-refractivity contribution in [3.8, 4) is 0 Å². The largest absolute Gasteiger partial charge is 0.327 e. The van der Waals surface area contributed by atoms with Gasteiger partial charge in [-0.05, 0) is 6.42 Å². The number of rotatable bonds is 4. The topological polar surface area (TPSA) is 51.8 Å². The lowest BCUT2D eigenvalue weighted by Gasteiger charge is -2.10.